The van der Waals surface area contributed by atoms with Crippen LogP contribution in [0.15, 0.2) is 65.7 Å². The molecule has 1 saturated heterocycles. The number of amides is 2. The van der Waals surface area contributed by atoms with Crippen molar-refractivity contribution in [3.05, 3.63) is 66.2 Å². The van der Waals surface area contributed by atoms with Crippen LogP contribution in [0.3, 0.4) is 0 Å². The lowest BCUT2D eigenvalue weighted by Crippen LogP contribution is -2.50. The van der Waals surface area contributed by atoms with Crippen LogP contribution in [0, 0.1) is 11.8 Å². The number of para-hydroxylation sites is 1. The predicted molar refractivity (Wildman–Crippen MR) is 105 cm³/mol. The fraction of sp³-hybridized carbons (Fsp3) is 0.364. The molecule has 1 fully saturated rings. The summed E-state index contributed by atoms with van der Waals surface area (Å²) in [6.07, 6.45) is 0. The lowest BCUT2D eigenvalue weighted by atomic mass is 9.87. The van der Waals surface area contributed by atoms with E-state index < -0.39 is 0 Å². The molecule has 3 atom stereocenters. The summed E-state index contributed by atoms with van der Waals surface area (Å²) in [6.45, 7) is 7.24. The molecule has 0 aromatic heterocycles. The summed E-state index contributed by atoms with van der Waals surface area (Å²) in [5.41, 5.74) is 2.18. The van der Waals surface area contributed by atoms with Crippen LogP contribution in [0.5, 0.6) is 0 Å². The first-order chi connectivity index (χ1) is 12.6. The maximum atomic E-state index is 13.2. The number of amidine groups is 1. The molecule has 2 aliphatic rings. The Morgan fingerprint density at radius 1 is 1.00 bits per heavy atom. The van der Waals surface area contributed by atoms with Crippen molar-refractivity contribution in [2.75, 3.05) is 11.4 Å². The Morgan fingerprint density at radius 2 is 1.62 bits per heavy atom. The number of urea groups is 1. The fourth-order valence-corrected chi connectivity index (χ4v) is 3.95. The molecule has 0 N–H and O–H groups in total. The molecule has 26 heavy (non-hydrogen) atoms. The lowest BCUT2D eigenvalue weighted by molar-refractivity contribution is 0.218. The second kappa shape index (κ2) is 6.60. The quantitative estimate of drug-likeness (QED) is 0.790. The van der Waals surface area contributed by atoms with Crippen LogP contribution >= 0.6 is 0 Å². The van der Waals surface area contributed by atoms with Crippen molar-refractivity contribution in [2.45, 2.75) is 32.9 Å². The molecule has 0 unspecified atom stereocenters. The summed E-state index contributed by atoms with van der Waals surface area (Å²) in [5, 5.41) is 0. The van der Waals surface area contributed by atoms with E-state index in [1.54, 1.807) is 0 Å². The molecular formula is C22H25N3O. The third-order valence-electron chi connectivity index (χ3n) is 5.52. The van der Waals surface area contributed by atoms with Crippen LogP contribution in [0.1, 0.15) is 32.4 Å². The van der Waals surface area contributed by atoms with Crippen LogP contribution in [0.2, 0.25) is 0 Å². The topological polar surface area (TPSA) is 35.9 Å². The average Bonchev–Trinajstić information content (AvgIpc) is 2.99. The van der Waals surface area contributed by atoms with Gasteiger partial charge in [0.25, 0.3) is 0 Å². The molecule has 0 spiro atoms. The Hall–Kier alpha value is -2.62. The minimum atomic E-state index is 0.0482. The van der Waals surface area contributed by atoms with Gasteiger partial charge in [-0.05, 0) is 23.6 Å². The van der Waals surface area contributed by atoms with Crippen molar-refractivity contribution in [2.24, 2.45) is 16.8 Å². The minimum absolute atomic E-state index is 0.0482. The summed E-state index contributed by atoms with van der Waals surface area (Å²) >= 11 is 0. The zero-order chi connectivity index (χ0) is 18.3. The van der Waals surface area contributed by atoms with E-state index in [1.807, 2.05) is 58.3 Å². The van der Waals surface area contributed by atoms with Crippen molar-refractivity contribution >= 4 is 17.6 Å². The van der Waals surface area contributed by atoms with Gasteiger partial charge in [-0.3, -0.25) is 14.8 Å². The Kier molecular flexibility index (Phi) is 4.27. The smallest absolute Gasteiger partial charge is 0.292 e. The molecule has 4 heteroatoms. The summed E-state index contributed by atoms with van der Waals surface area (Å²) in [7, 11) is 0. The number of benzene rings is 2. The molecule has 0 saturated carbocycles. The highest BCUT2D eigenvalue weighted by Gasteiger charge is 2.47. The number of rotatable bonds is 3. The maximum Gasteiger partial charge on any atom is 0.330 e. The summed E-state index contributed by atoms with van der Waals surface area (Å²) in [4.78, 5) is 21.9. The molecule has 2 aromatic carbocycles. The zero-order valence-corrected chi connectivity index (χ0v) is 15.5. The number of aliphatic imine (C=N–C) groups is 1. The van der Waals surface area contributed by atoms with Gasteiger partial charge in [0.15, 0.2) is 0 Å². The van der Waals surface area contributed by atoms with E-state index in [9.17, 15) is 4.79 Å². The molecular weight excluding hydrogens is 322 g/mol. The monoisotopic (exact) mass is 347 g/mol. The number of hydrogen-bond acceptors (Lipinski definition) is 2. The first-order valence-electron chi connectivity index (χ1n) is 9.36. The Bertz CT molecular complexity index is 816. The van der Waals surface area contributed by atoms with Crippen molar-refractivity contribution in [1.82, 2.24) is 4.90 Å². The molecule has 4 rings (SSSR count). The van der Waals surface area contributed by atoms with E-state index in [4.69, 9.17) is 4.99 Å². The molecule has 4 nitrogen and oxygen atoms in total. The molecule has 2 aromatic rings. The van der Waals surface area contributed by atoms with Gasteiger partial charge in [-0.1, -0.05) is 69.3 Å². The van der Waals surface area contributed by atoms with E-state index in [0.717, 1.165) is 11.5 Å². The van der Waals surface area contributed by atoms with Crippen LogP contribution in [0.4, 0.5) is 10.5 Å². The summed E-state index contributed by atoms with van der Waals surface area (Å²) in [5.74, 6) is 1.55. The molecule has 2 aliphatic heterocycles. The van der Waals surface area contributed by atoms with Gasteiger partial charge in [0.05, 0.1) is 12.1 Å². The van der Waals surface area contributed by atoms with Gasteiger partial charge in [0, 0.05) is 18.2 Å². The summed E-state index contributed by atoms with van der Waals surface area (Å²) < 4.78 is 0. The number of anilines is 1. The molecule has 134 valence electrons. The molecule has 0 aliphatic carbocycles. The fourth-order valence-electron chi connectivity index (χ4n) is 3.95. The van der Waals surface area contributed by atoms with Crippen molar-refractivity contribution in [1.29, 1.82) is 0 Å². The van der Waals surface area contributed by atoms with Gasteiger partial charge in [-0.15, -0.1) is 0 Å². The Labute approximate surface area is 155 Å². The van der Waals surface area contributed by atoms with Gasteiger partial charge in [0.1, 0.15) is 5.84 Å². The third kappa shape index (κ3) is 2.70. The SMILES string of the molecule is CC(C)[C@H]1CN(c2ccccc2)C(=O)N1C1=N[C@@H](c2ccccc2)[C@H]1C. The van der Waals surface area contributed by atoms with E-state index in [-0.39, 0.29) is 24.0 Å². The highest BCUT2D eigenvalue weighted by Crippen LogP contribution is 2.40. The molecule has 2 heterocycles. The van der Waals surface area contributed by atoms with Crippen molar-refractivity contribution in [3.63, 3.8) is 0 Å². The van der Waals surface area contributed by atoms with Crippen LogP contribution < -0.4 is 4.90 Å². The second-order valence-electron chi connectivity index (χ2n) is 7.54. The van der Waals surface area contributed by atoms with Gasteiger partial charge >= 0.3 is 6.03 Å². The van der Waals surface area contributed by atoms with Crippen molar-refractivity contribution < 1.29 is 4.79 Å². The minimum Gasteiger partial charge on any atom is -0.292 e. The third-order valence-corrected chi connectivity index (χ3v) is 5.52. The summed E-state index contributed by atoms with van der Waals surface area (Å²) in [6, 6.07) is 20.6. The second-order valence-corrected chi connectivity index (χ2v) is 7.54. The standard InChI is InChI=1S/C22H25N3O/c1-15(2)19-14-24(18-12-8-5-9-13-18)22(26)25(19)21-16(3)20(23-21)17-10-6-4-7-11-17/h4-13,15-16,19-20H,14H2,1-3H3/t16-,19-,20-/m1/s1. The zero-order valence-electron chi connectivity index (χ0n) is 15.5. The highest BCUT2D eigenvalue weighted by atomic mass is 16.2. The Balaban J connectivity index is 1.63. The van der Waals surface area contributed by atoms with Crippen molar-refractivity contribution in [3.8, 4) is 0 Å². The van der Waals surface area contributed by atoms with E-state index in [0.29, 0.717) is 12.5 Å². The first-order valence-corrected chi connectivity index (χ1v) is 9.36. The number of nitrogens with zero attached hydrogens (tertiary/aromatic N) is 3. The highest BCUT2D eigenvalue weighted by molar-refractivity contribution is 6.09. The Morgan fingerprint density at radius 3 is 2.19 bits per heavy atom. The van der Waals surface area contributed by atoms with E-state index in [1.165, 1.54) is 5.56 Å². The molecule has 2 amide bonds. The van der Waals surface area contributed by atoms with E-state index >= 15 is 0 Å². The number of carbonyl (C=O) groups excluding carboxylic acids is 1. The van der Waals surface area contributed by atoms with Gasteiger partial charge < -0.3 is 0 Å². The number of carbonyl (C=O) groups is 1. The van der Waals surface area contributed by atoms with Crippen LogP contribution in [-0.4, -0.2) is 29.4 Å². The first kappa shape index (κ1) is 16.8. The van der Waals surface area contributed by atoms with Crippen LogP contribution in [0.25, 0.3) is 0 Å². The number of hydrogen-bond donors (Lipinski definition) is 0. The van der Waals surface area contributed by atoms with Gasteiger partial charge in [-0.25, -0.2) is 4.79 Å². The van der Waals surface area contributed by atoms with Crippen LogP contribution in [-0.2, 0) is 0 Å². The molecule has 0 bridgehead atoms. The predicted octanol–water partition coefficient (Wildman–Crippen LogP) is 4.74. The average molecular weight is 347 g/mol. The van der Waals surface area contributed by atoms with Gasteiger partial charge in [0.2, 0.25) is 0 Å². The normalized spacial score (nSPS) is 25.5. The van der Waals surface area contributed by atoms with Gasteiger partial charge in [-0.2, -0.15) is 0 Å². The van der Waals surface area contributed by atoms with E-state index in [2.05, 4.69) is 32.9 Å². The maximum absolute atomic E-state index is 13.2. The largest absolute Gasteiger partial charge is 0.330 e. The molecule has 0 radical (unpaired) electrons. The lowest BCUT2D eigenvalue weighted by Gasteiger charge is -2.39.